The van der Waals surface area contributed by atoms with Crippen LogP contribution in [0.3, 0.4) is 0 Å². The highest BCUT2D eigenvalue weighted by atomic mass is 16.5. The fourth-order valence-corrected chi connectivity index (χ4v) is 2.41. The normalized spacial score (nSPS) is 20.8. The van der Waals surface area contributed by atoms with Gasteiger partial charge in [-0.05, 0) is 38.8 Å². The highest BCUT2D eigenvalue weighted by molar-refractivity contribution is 5.79. The second kappa shape index (κ2) is 10.0. The molecule has 112 valence electrons. The maximum absolute atomic E-state index is 5.04. The third-order valence-corrected chi connectivity index (χ3v) is 3.36. The van der Waals surface area contributed by atoms with Crippen LogP contribution >= 0.6 is 0 Å². The van der Waals surface area contributed by atoms with Gasteiger partial charge in [-0.15, -0.1) is 0 Å². The van der Waals surface area contributed by atoms with Crippen LogP contribution in [-0.4, -0.2) is 63.8 Å². The van der Waals surface area contributed by atoms with Crippen LogP contribution in [0.5, 0.6) is 0 Å². The Kier molecular flexibility index (Phi) is 8.58. The first-order valence-electron chi connectivity index (χ1n) is 7.53. The van der Waals surface area contributed by atoms with Crippen LogP contribution < -0.4 is 10.6 Å². The van der Waals surface area contributed by atoms with Gasteiger partial charge >= 0.3 is 0 Å². The Bertz CT molecular complexity index is 258. The minimum Gasteiger partial charge on any atom is -0.383 e. The van der Waals surface area contributed by atoms with Crippen LogP contribution in [-0.2, 0) is 4.74 Å². The lowest BCUT2D eigenvalue weighted by Crippen LogP contribution is -2.39. The van der Waals surface area contributed by atoms with E-state index in [2.05, 4.69) is 34.4 Å². The van der Waals surface area contributed by atoms with E-state index in [1.165, 1.54) is 32.5 Å². The van der Waals surface area contributed by atoms with Crippen molar-refractivity contribution < 1.29 is 4.74 Å². The predicted molar refractivity (Wildman–Crippen MR) is 80.7 cm³/mol. The third-order valence-electron chi connectivity index (χ3n) is 3.36. The molecule has 1 atom stereocenters. The monoisotopic (exact) mass is 270 g/mol. The van der Waals surface area contributed by atoms with Crippen LogP contribution in [0, 0.1) is 5.92 Å². The number of rotatable bonds is 8. The van der Waals surface area contributed by atoms with Crippen LogP contribution in [0.1, 0.15) is 26.7 Å². The molecule has 0 spiro atoms. The molecule has 5 heteroatoms. The number of methoxy groups -OCH3 is 1. The molecule has 0 saturated carbocycles. The van der Waals surface area contributed by atoms with E-state index in [1.54, 1.807) is 7.11 Å². The molecule has 0 aliphatic carbocycles. The van der Waals surface area contributed by atoms with Crippen molar-refractivity contribution >= 4 is 5.96 Å². The van der Waals surface area contributed by atoms with Gasteiger partial charge < -0.3 is 20.3 Å². The molecule has 0 radical (unpaired) electrons. The topological polar surface area (TPSA) is 48.9 Å². The second-order valence-electron chi connectivity index (χ2n) is 5.09. The number of nitrogens with zero attached hydrogens (tertiary/aromatic N) is 2. The SMILES string of the molecule is CCCN1CCC(CN=C(NCC)NCCOC)C1. The third kappa shape index (κ3) is 6.78. The van der Waals surface area contributed by atoms with Gasteiger partial charge in [0.1, 0.15) is 0 Å². The average Bonchev–Trinajstić information content (AvgIpc) is 2.84. The van der Waals surface area contributed by atoms with Crippen LogP contribution in [0.4, 0.5) is 0 Å². The van der Waals surface area contributed by atoms with E-state index in [0.29, 0.717) is 12.5 Å². The molecule has 19 heavy (non-hydrogen) atoms. The average molecular weight is 270 g/mol. The first-order valence-corrected chi connectivity index (χ1v) is 7.53. The van der Waals surface area contributed by atoms with Crippen molar-refractivity contribution in [3.8, 4) is 0 Å². The van der Waals surface area contributed by atoms with Gasteiger partial charge in [0.2, 0.25) is 0 Å². The van der Waals surface area contributed by atoms with E-state index < -0.39 is 0 Å². The highest BCUT2D eigenvalue weighted by Crippen LogP contribution is 2.16. The molecule has 1 rings (SSSR count). The number of hydrogen-bond acceptors (Lipinski definition) is 3. The van der Waals surface area contributed by atoms with Crippen molar-refractivity contribution in [2.45, 2.75) is 26.7 Å². The molecular weight excluding hydrogens is 240 g/mol. The summed E-state index contributed by atoms with van der Waals surface area (Å²) in [7, 11) is 1.71. The zero-order valence-corrected chi connectivity index (χ0v) is 12.7. The van der Waals surface area contributed by atoms with Crippen LogP contribution in [0.25, 0.3) is 0 Å². The Morgan fingerprint density at radius 1 is 1.37 bits per heavy atom. The number of nitrogens with one attached hydrogen (secondary N) is 2. The smallest absolute Gasteiger partial charge is 0.191 e. The van der Waals surface area contributed by atoms with Crippen molar-refractivity contribution in [2.24, 2.45) is 10.9 Å². The van der Waals surface area contributed by atoms with Crippen molar-refractivity contribution in [1.82, 2.24) is 15.5 Å². The molecule has 0 aromatic carbocycles. The number of hydrogen-bond donors (Lipinski definition) is 2. The van der Waals surface area contributed by atoms with Crippen molar-refractivity contribution in [2.75, 3.05) is 53.0 Å². The Hall–Kier alpha value is -0.810. The molecule has 0 aromatic heterocycles. The number of likely N-dealkylation sites (tertiary alicyclic amines) is 1. The predicted octanol–water partition coefficient (Wildman–Crippen LogP) is 0.920. The summed E-state index contributed by atoms with van der Waals surface area (Å²) >= 11 is 0. The zero-order chi connectivity index (χ0) is 13.9. The molecule has 2 N–H and O–H groups in total. The lowest BCUT2D eigenvalue weighted by Gasteiger charge is -2.14. The minimum absolute atomic E-state index is 0.706. The molecule has 1 unspecified atom stereocenters. The van der Waals surface area contributed by atoms with Crippen LogP contribution in [0.2, 0.25) is 0 Å². The van der Waals surface area contributed by atoms with E-state index in [4.69, 9.17) is 4.74 Å². The Morgan fingerprint density at radius 3 is 2.89 bits per heavy atom. The van der Waals surface area contributed by atoms with E-state index in [0.717, 1.165) is 25.6 Å². The molecule has 1 aliphatic rings. The van der Waals surface area contributed by atoms with Gasteiger partial charge in [-0.25, -0.2) is 0 Å². The largest absolute Gasteiger partial charge is 0.383 e. The first-order chi connectivity index (χ1) is 9.30. The summed E-state index contributed by atoms with van der Waals surface area (Å²) in [4.78, 5) is 7.22. The molecule has 5 nitrogen and oxygen atoms in total. The van der Waals surface area contributed by atoms with Gasteiger partial charge in [0, 0.05) is 33.3 Å². The fraction of sp³-hybridized carbons (Fsp3) is 0.929. The van der Waals surface area contributed by atoms with Gasteiger partial charge in [-0.2, -0.15) is 0 Å². The minimum atomic E-state index is 0.706. The number of ether oxygens (including phenoxy) is 1. The van der Waals surface area contributed by atoms with E-state index >= 15 is 0 Å². The zero-order valence-electron chi connectivity index (χ0n) is 12.7. The Morgan fingerprint density at radius 2 is 2.21 bits per heavy atom. The maximum Gasteiger partial charge on any atom is 0.191 e. The standard InChI is InChI=1S/C14H30N4O/c1-4-8-18-9-6-13(12-18)11-17-14(15-5-2)16-7-10-19-3/h13H,4-12H2,1-3H3,(H2,15,16,17). The molecular formula is C14H30N4O. The lowest BCUT2D eigenvalue weighted by atomic mass is 10.1. The number of guanidine groups is 1. The summed E-state index contributed by atoms with van der Waals surface area (Å²) in [5, 5.41) is 6.55. The van der Waals surface area contributed by atoms with E-state index in [9.17, 15) is 0 Å². The second-order valence-corrected chi connectivity index (χ2v) is 5.09. The molecule has 0 aromatic rings. The summed E-state index contributed by atoms with van der Waals surface area (Å²) in [5.41, 5.74) is 0. The van der Waals surface area contributed by atoms with Crippen molar-refractivity contribution in [1.29, 1.82) is 0 Å². The summed E-state index contributed by atoms with van der Waals surface area (Å²) in [6.07, 6.45) is 2.53. The molecule has 0 bridgehead atoms. The number of aliphatic imine (C=N–C) groups is 1. The summed E-state index contributed by atoms with van der Waals surface area (Å²) in [6.45, 7) is 11.3. The van der Waals surface area contributed by atoms with E-state index in [1.807, 2.05) is 0 Å². The van der Waals surface area contributed by atoms with Gasteiger partial charge in [-0.3, -0.25) is 4.99 Å². The van der Waals surface area contributed by atoms with Gasteiger partial charge in [0.05, 0.1) is 6.61 Å². The molecule has 1 aliphatic heterocycles. The summed E-state index contributed by atoms with van der Waals surface area (Å²) in [5.74, 6) is 1.62. The molecule has 1 saturated heterocycles. The lowest BCUT2D eigenvalue weighted by molar-refractivity contribution is 0.203. The Labute approximate surface area is 117 Å². The first kappa shape index (κ1) is 16.2. The quantitative estimate of drug-likeness (QED) is 0.391. The Balaban J connectivity index is 2.29. The van der Waals surface area contributed by atoms with E-state index in [-0.39, 0.29) is 0 Å². The van der Waals surface area contributed by atoms with Gasteiger partial charge in [-0.1, -0.05) is 6.92 Å². The maximum atomic E-state index is 5.04. The summed E-state index contributed by atoms with van der Waals surface area (Å²) in [6, 6.07) is 0. The van der Waals surface area contributed by atoms with Gasteiger partial charge in [0.25, 0.3) is 0 Å². The van der Waals surface area contributed by atoms with Crippen molar-refractivity contribution in [3.05, 3.63) is 0 Å². The van der Waals surface area contributed by atoms with Gasteiger partial charge in [0.15, 0.2) is 5.96 Å². The van der Waals surface area contributed by atoms with Crippen molar-refractivity contribution in [3.63, 3.8) is 0 Å². The fourth-order valence-electron chi connectivity index (χ4n) is 2.41. The highest BCUT2D eigenvalue weighted by Gasteiger charge is 2.21. The molecule has 1 heterocycles. The molecule has 0 amide bonds. The van der Waals surface area contributed by atoms with Crippen LogP contribution in [0.15, 0.2) is 4.99 Å². The molecule has 1 fully saturated rings. The summed E-state index contributed by atoms with van der Waals surface area (Å²) < 4.78 is 5.04.